The molecule has 0 heteroatoms. The van der Waals surface area contributed by atoms with Crippen molar-refractivity contribution in [2.24, 2.45) is 29.1 Å². The Balaban J connectivity index is 1.60. The zero-order chi connectivity index (χ0) is 12.7. The summed E-state index contributed by atoms with van der Waals surface area (Å²) in [6.07, 6.45) is 22.1. The van der Waals surface area contributed by atoms with Crippen LogP contribution < -0.4 is 0 Å². The van der Waals surface area contributed by atoms with Crippen molar-refractivity contribution in [3.63, 3.8) is 0 Å². The van der Waals surface area contributed by atoms with Crippen LogP contribution >= 0.6 is 0 Å². The number of hydrogen-bond donors (Lipinski definition) is 0. The highest BCUT2D eigenvalue weighted by Crippen LogP contribution is 2.63. The summed E-state index contributed by atoms with van der Waals surface area (Å²) < 4.78 is 0. The molecule has 4 saturated carbocycles. The van der Waals surface area contributed by atoms with Gasteiger partial charge in [0.15, 0.2) is 0 Å². The number of fused-ring (bicyclic) bond motifs is 1. The lowest BCUT2D eigenvalue weighted by Gasteiger charge is -2.45. The van der Waals surface area contributed by atoms with Crippen LogP contribution in [-0.2, 0) is 0 Å². The second-order valence-corrected chi connectivity index (χ2v) is 8.31. The fourth-order valence-corrected chi connectivity index (χ4v) is 7.06. The average molecular weight is 260 g/mol. The third-order valence-corrected chi connectivity index (χ3v) is 7.77. The maximum Gasteiger partial charge on any atom is -0.0238 e. The minimum absolute atomic E-state index is 0.841. The molecule has 0 aromatic heterocycles. The first-order valence-corrected chi connectivity index (χ1v) is 9.40. The summed E-state index contributed by atoms with van der Waals surface area (Å²) in [6, 6.07) is 0. The number of hydrogen-bond acceptors (Lipinski definition) is 0. The molecule has 0 saturated heterocycles. The summed E-state index contributed by atoms with van der Waals surface area (Å²) in [5.41, 5.74) is 0.841. The first kappa shape index (κ1) is 12.7. The van der Waals surface area contributed by atoms with Crippen LogP contribution in [0.3, 0.4) is 0 Å². The zero-order valence-corrected chi connectivity index (χ0v) is 12.7. The first-order chi connectivity index (χ1) is 9.40. The van der Waals surface area contributed by atoms with Crippen LogP contribution in [0.5, 0.6) is 0 Å². The van der Waals surface area contributed by atoms with Crippen LogP contribution in [0.15, 0.2) is 0 Å². The van der Waals surface area contributed by atoms with E-state index in [1.54, 1.807) is 89.9 Å². The maximum atomic E-state index is 1.62. The van der Waals surface area contributed by atoms with E-state index in [1.165, 1.54) is 0 Å². The highest BCUT2D eigenvalue weighted by molar-refractivity contribution is 5.03. The van der Waals surface area contributed by atoms with E-state index in [1.807, 2.05) is 0 Å². The molecule has 0 amide bonds. The van der Waals surface area contributed by atoms with Gasteiger partial charge >= 0.3 is 0 Å². The van der Waals surface area contributed by atoms with E-state index < -0.39 is 0 Å². The summed E-state index contributed by atoms with van der Waals surface area (Å²) in [6.45, 7) is 0. The van der Waals surface area contributed by atoms with Crippen molar-refractivity contribution in [2.45, 2.75) is 89.9 Å². The fraction of sp³-hybridized carbons (Fsp3) is 1.00. The van der Waals surface area contributed by atoms with Crippen molar-refractivity contribution in [1.82, 2.24) is 0 Å². The molecular weight excluding hydrogens is 228 g/mol. The summed E-state index contributed by atoms with van der Waals surface area (Å²) in [7, 11) is 0. The molecule has 19 heavy (non-hydrogen) atoms. The molecular formula is C19H32. The standard InChI is InChI=1S/C19H32/c1-4-10-17-15(7-1)11-12-18(17)19(13-5-6-14-19)16-8-2-3-9-16/h15-18H,1-14H2. The molecule has 0 aromatic rings. The van der Waals surface area contributed by atoms with E-state index in [0.29, 0.717) is 0 Å². The molecule has 3 unspecified atom stereocenters. The molecule has 0 spiro atoms. The third kappa shape index (κ3) is 2.00. The van der Waals surface area contributed by atoms with Crippen LogP contribution in [0.25, 0.3) is 0 Å². The van der Waals surface area contributed by atoms with Crippen molar-refractivity contribution >= 4 is 0 Å². The van der Waals surface area contributed by atoms with Crippen molar-refractivity contribution < 1.29 is 0 Å². The van der Waals surface area contributed by atoms with Gasteiger partial charge in [0.05, 0.1) is 0 Å². The molecule has 4 aliphatic rings. The van der Waals surface area contributed by atoms with E-state index in [2.05, 4.69) is 0 Å². The summed E-state index contributed by atoms with van der Waals surface area (Å²) in [5.74, 6) is 4.61. The fourth-order valence-electron chi connectivity index (χ4n) is 7.06. The normalized spacial score (nSPS) is 42.6. The van der Waals surface area contributed by atoms with Gasteiger partial charge in [0, 0.05) is 0 Å². The molecule has 108 valence electrons. The Labute approximate surface area is 119 Å². The van der Waals surface area contributed by atoms with Gasteiger partial charge in [-0.1, -0.05) is 44.9 Å². The molecule has 0 aromatic carbocycles. The Kier molecular flexibility index (Phi) is 3.40. The molecule has 0 bridgehead atoms. The van der Waals surface area contributed by atoms with E-state index in [4.69, 9.17) is 0 Å². The van der Waals surface area contributed by atoms with Gasteiger partial charge in [0.25, 0.3) is 0 Å². The van der Waals surface area contributed by atoms with Crippen LogP contribution in [0.4, 0.5) is 0 Å². The molecule has 0 N–H and O–H groups in total. The van der Waals surface area contributed by atoms with Gasteiger partial charge in [0.1, 0.15) is 0 Å². The van der Waals surface area contributed by atoms with Gasteiger partial charge in [-0.3, -0.25) is 0 Å². The largest absolute Gasteiger partial charge is 0.0530 e. The molecule has 0 heterocycles. The summed E-state index contributed by atoms with van der Waals surface area (Å²) in [5, 5.41) is 0. The average Bonchev–Trinajstić information content (AvgIpc) is 3.18. The molecule has 4 aliphatic carbocycles. The lowest BCUT2D eigenvalue weighted by molar-refractivity contribution is 0.0335. The molecule has 4 fully saturated rings. The highest BCUT2D eigenvalue weighted by Gasteiger charge is 2.53. The molecule has 3 atom stereocenters. The Morgan fingerprint density at radius 1 is 0.579 bits per heavy atom. The highest BCUT2D eigenvalue weighted by atomic mass is 14.6. The first-order valence-electron chi connectivity index (χ1n) is 9.40. The lowest BCUT2D eigenvalue weighted by atomic mass is 9.59. The Bertz CT molecular complexity index is 306. The van der Waals surface area contributed by atoms with Gasteiger partial charge < -0.3 is 0 Å². The molecule has 0 radical (unpaired) electrons. The van der Waals surface area contributed by atoms with Gasteiger partial charge in [-0.25, -0.2) is 0 Å². The number of rotatable bonds is 2. The Morgan fingerprint density at radius 2 is 1.26 bits per heavy atom. The quantitative estimate of drug-likeness (QED) is 0.575. The van der Waals surface area contributed by atoms with E-state index in [9.17, 15) is 0 Å². The summed E-state index contributed by atoms with van der Waals surface area (Å²) in [4.78, 5) is 0. The van der Waals surface area contributed by atoms with E-state index in [0.717, 1.165) is 29.1 Å². The van der Waals surface area contributed by atoms with Gasteiger partial charge in [-0.15, -0.1) is 0 Å². The molecule has 0 nitrogen and oxygen atoms in total. The lowest BCUT2D eigenvalue weighted by Crippen LogP contribution is -2.38. The predicted molar refractivity (Wildman–Crippen MR) is 81.0 cm³/mol. The third-order valence-electron chi connectivity index (χ3n) is 7.77. The van der Waals surface area contributed by atoms with Gasteiger partial charge in [-0.2, -0.15) is 0 Å². The molecule has 0 aliphatic heterocycles. The van der Waals surface area contributed by atoms with Crippen LogP contribution in [0.1, 0.15) is 89.9 Å². The SMILES string of the molecule is C1CCC2C(C1)CCC2C1(C2CCCC2)CCCC1. The minimum Gasteiger partial charge on any atom is -0.0530 e. The minimum atomic E-state index is 0.841. The second-order valence-electron chi connectivity index (χ2n) is 8.31. The van der Waals surface area contributed by atoms with Gasteiger partial charge in [0.2, 0.25) is 0 Å². The predicted octanol–water partition coefficient (Wildman–Crippen LogP) is 5.95. The van der Waals surface area contributed by atoms with Crippen molar-refractivity contribution in [1.29, 1.82) is 0 Å². The van der Waals surface area contributed by atoms with Crippen molar-refractivity contribution in [2.75, 3.05) is 0 Å². The van der Waals surface area contributed by atoms with Crippen LogP contribution in [0, 0.1) is 29.1 Å². The smallest absolute Gasteiger partial charge is 0.0238 e. The van der Waals surface area contributed by atoms with Gasteiger partial charge in [-0.05, 0) is 74.0 Å². The molecule has 4 rings (SSSR count). The topological polar surface area (TPSA) is 0 Å². The zero-order valence-electron chi connectivity index (χ0n) is 12.7. The van der Waals surface area contributed by atoms with Crippen molar-refractivity contribution in [3.8, 4) is 0 Å². The van der Waals surface area contributed by atoms with Crippen molar-refractivity contribution in [3.05, 3.63) is 0 Å². The maximum absolute atomic E-state index is 1.62. The second kappa shape index (κ2) is 5.08. The Morgan fingerprint density at radius 3 is 2.05 bits per heavy atom. The van der Waals surface area contributed by atoms with Crippen LogP contribution in [-0.4, -0.2) is 0 Å². The monoisotopic (exact) mass is 260 g/mol. The van der Waals surface area contributed by atoms with E-state index >= 15 is 0 Å². The summed E-state index contributed by atoms with van der Waals surface area (Å²) >= 11 is 0. The van der Waals surface area contributed by atoms with Crippen LogP contribution in [0.2, 0.25) is 0 Å². The Hall–Kier alpha value is 0. The van der Waals surface area contributed by atoms with E-state index in [-0.39, 0.29) is 0 Å².